The molecule has 3 nitrogen and oxygen atoms in total. The van der Waals surface area contributed by atoms with Crippen LogP contribution in [0.15, 0.2) is 0 Å². The first kappa shape index (κ1) is 10.6. The van der Waals surface area contributed by atoms with Crippen molar-refractivity contribution in [2.45, 2.75) is 19.3 Å². The van der Waals surface area contributed by atoms with Gasteiger partial charge in [-0.25, -0.2) is 14.3 Å². The highest BCUT2D eigenvalue weighted by molar-refractivity contribution is 5.86. The molecule has 1 unspecified atom stereocenters. The zero-order chi connectivity index (χ0) is 7.99. The van der Waals surface area contributed by atoms with Gasteiger partial charge in [-0.05, 0) is 6.92 Å². The minimum absolute atomic E-state index is 0. The van der Waals surface area contributed by atoms with Gasteiger partial charge in [-0.2, -0.15) is 0 Å². The average Bonchev–Trinajstić information content (AvgIpc) is 2.32. The number of rotatable bonds is 1. The lowest BCUT2D eigenvalue weighted by Gasteiger charge is -2.05. The molecule has 1 aliphatic carbocycles. The number of alkyl halides is 2. The van der Waals surface area contributed by atoms with Crippen LogP contribution in [0.1, 0.15) is 13.3 Å². The normalized spacial score (nSPS) is 32.0. The standard InChI is InChI=1S/C5H7F2NO2.ClH/c1-4(3(9)8-10)2-5(4,6)7;/h10H,2H2,1H3,(H,8,9);1H. The monoisotopic (exact) mass is 187 g/mol. The third-order valence-electron chi connectivity index (χ3n) is 1.86. The van der Waals surface area contributed by atoms with Crippen LogP contribution in [0.2, 0.25) is 0 Å². The highest BCUT2D eigenvalue weighted by atomic mass is 35.5. The smallest absolute Gasteiger partial charge is 0.263 e. The molecule has 1 fully saturated rings. The molecule has 66 valence electrons. The maximum absolute atomic E-state index is 12.2. The molecule has 0 spiro atoms. The Balaban J connectivity index is 0.000001000. The molecular formula is C5H8ClF2NO2. The van der Waals surface area contributed by atoms with Gasteiger partial charge in [0.1, 0.15) is 5.41 Å². The fourth-order valence-corrected chi connectivity index (χ4v) is 0.770. The molecule has 1 rings (SSSR count). The van der Waals surface area contributed by atoms with E-state index in [2.05, 4.69) is 0 Å². The molecular weight excluding hydrogens is 180 g/mol. The second-order valence-electron chi connectivity index (χ2n) is 2.65. The van der Waals surface area contributed by atoms with E-state index in [9.17, 15) is 13.6 Å². The number of amides is 1. The summed E-state index contributed by atoms with van der Waals surface area (Å²) in [6.45, 7) is 1.11. The number of halogens is 3. The van der Waals surface area contributed by atoms with Crippen molar-refractivity contribution in [2.24, 2.45) is 5.41 Å². The predicted octanol–water partition coefficient (Wildman–Crippen LogP) is 0.959. The van der Waals surface area contributed by atoms with Crippen LogP contribution >= 0.6 is 12.4 Å². The Morgan fingerprint density at radius 1 is 1.64 bits per heavy atom. The summed E-state index contributed by atoms with van der Waals surface area (Å²) >= 11 is 0. The van der Waals surface area contributed by atoms with Crippen LogP contribution in [0.3, 0.4) is 0 Å². The summed E-state index contributed by atoms with van der Waals surface area (Å²) in [5, 5.41) is 8.01. The summed E-state index contributed by atoms with van der Waals surface area (Å²) in [5.41, 5.74) is -0.475. The largest absolute Gasteiger partial charge is 0.289 e. The van der Waals surface area contributed by atoms with Crippen molar-refractivity contribution in [1.82, 2.24) is 5.48 Å². The molecule has 6 heteroatoms. The zero-order valence-corrected chi connectivity index (χ0v) is 6.54. The Hall–Kier alpha value is -0.420. The molecule has 0 aromatic carbocycles. The van der Waals surface area contributed by atoms with Crippen molar-refractivity contribution in [2.75, 3.05) is 0 Å². The van der Waals surface area contributed by atoms with Crippen LogP contribution < -0.4 is 5.48 Å². The van der Waals surface area contributed by atoms with Gasteiger partial charge in [0.15, 0.2) is 0 Å². The van der Waals surface area contributed by atoms with Gasteiger partial charge in [0.2, 0.25) is 0 Å². The predicted molar refractivity (Wildman–Crippen MR) is 34.8 cm³/mol. The molecule has 1 saturated carbocycles. The van der Waals surface area contributed by atoms with Gasteiger partial charge in [0.25, 0.3) is 11.8 Å². The van der Waals surface area contributed by atoms with Crippen molar-refractivity contribution in [3.63, 3.8) is 0 Å². The number of hydrogen-bond acceptors (Lipinski definition) is 2. The van der Waals surface area contributed by atoms with E-state index in [1.165, 1.54) is 5.48 Å². The zero-order valence-electron chi connectivity index (χ0n) is 5.73. The van der Waals surface area contributed by atoms with Crippen molar-refractivity contribution < 1.29 is 18.8 Å². The van der Waals surface area contributed by atoms with Crippen LogP contribution in [0, 0.1) is 5.41 Å². The molecule has 2 N–H and O–H groups in total. The summed E-state index contributed by atoms with van der Waals surface area (Å²) in [5.74, 6) is -3.96. The Kier molecular flexibility index (Phi) is 2.47. The summed E-state index contributed by atoms with van der Waals surface area (Å²) in [6, 6.07) is 0. The molecule has 1 amide bonds. The van der Waals surface area contributed by atoms with E-state index in [1.807, 2.05) is 0 Å². The fourth-order valence-electron chi connectivity index (χ4n) is 0.770. The van der Waals surface area contributed by atoms with Gasteiger partial charge in [-0.3, -0.25) is 10.0 Å². The molecule has 1 atom stereocenters. The lowest BCUT2D eigenvalue weighted by atomic mass is 10.1. The molecule has 0 aromatic rings. The Morgan fingerprint density at radius 2 is 2.00 bits per heavy atom. The van der Waals surface area contributed by atoms with Gasteiger partial charge in [0, 0.05) is 6.42 Å². The second-order valence-corrected chi connectivity index (χ2v) is 2.65. The lowest BCUT2D eigenvalue weighted by molar-refractivity contribution is -0.137. The topological polar surface area (TPSA) is 49.3 Å². The van der Waals surface area contributed by atoms with Crippen LogP contribution in [0.4, 0.5) is 8.78 Å². The lowest BCUT2D eigenvalue weighted by Crippen LogP contribution is -2.31. The minimum atomic E-state index is -2.94. The number of nitrogens with one attached hydrogen (secondary N) is 1. The first-order valence-electron chi connectivity index (χ1n) is 2.76. The Bertz CT molecular complexity index is 187. The summed E-state index contributed by atoms with van der Waals surface area (Å²) in [6.07, 6.45) is -0.480. The van der Waals surface area contributed by atoms with E-state index in [1.54, 1.807) is 0 Å². The van der Waals surface area contributed by atoms with Crippen molar-refractivity contribution >= 4 is 18.3 Å². The fraction of sp³-hybridized carbons (Fsp3) is 0.800. The SMILES string of the molecule is CC1(C(=O)NO)CC1(F)F.Cl. The van der Waals surface area contributed by atoms with Gasteiger partial charge in [0.05, 0.1) is 0 Å². The molecule has 0 saturated heterocycles. The van der Waals surface area contributed by atoms with E-state index in [4.69, 9.17) is 5.21 Å². The Labute approximate surface area is 68.1 Å². The first-order chi connectivity index (χ1) is 4.44. The quantitative estimate of drug-likeness (QED) is 0.475. The maximum Gasteiger partial charge on any atom is 0.263 e. The van der Waals surface area contributed by atoms with Crippen LogP contribution in [0.25, 0.3) is 0 Å². The van der Waals surface area contributed by atoms with Crippen LogP contribution in [0.5, 0.6) is 0 Å². The third kappa shape index (κ3) is 1.30. The summed E-state index contributed by atoms with van der Waals surface area (Å²) < 4.78 is 24.5. The van der Waals surface area contributed by atoms with Crippen LogP contribution in [-0.2, 0) is 4.79 Å². The van der Waals surface area contributed by atoms with E-state index in [-0.39, 0.29) is 12.4 Å². The number of hydrogen-bond donors (Lipinski definition) is 2. The average molecular weight is 188 g/mol. The summed E-state index contributed by atoms with van der Waals surface area (Å²) in [4.78, 5) is 10.5. The van der Waals surface area contributed by atoms with E-state index in [0.29, 0.717) is 0 Å². The highest BCUT2D eigenvalue weighted by Gasteiger charge is 2.72. The number of hydroxylamine groups is 1. The molecule has 0 bridgehead atoms. The van der Waals surface area contributed by atoms with Crippen molar-refractivity contribution in [1.29, 1.82) is 0 Å². The summed E-state index contributed by atoms with van der Waals surface area (Å²) in [7, 11) is 0. The number of carbonyl (C=O) groups excluding carboxylic acids is 1. The van der Waals surface area contributed by atoms with Gasteiger partial charge < -0.3 is 0 Å². The van der Waals surface area contributed by atoms with E-state index >= 15 is 0 Å². The van der Waals surface area contributed by atoms with Gasteiger partial charge in [-0.15, -0.1) is 12.4 Å². The van der Waals surface area contributed by atoms with Crippen molar-refractivity contribution in [3.05, 3.63) is 0 Å². The van der Waals surface area contributed by atoms with Gasteiger partial charge >= 0.3 is 0 Å². The van der Waals surface area contributed by atoms with E-state index in [0.717, 1.165) is 6.92 Å². The minimum Gasteiger partial charge on any atom is -0.289 e. The first-order valence-corrected chi connectivity index (χ1v) is 2.76. The molecule has 11 heavy (non-hydrogen) atoms. The third-order valence-corrected chi connectivity index (χ3v) is 1.86. The van der Waals surface area contributed by atoms with Crippen molar-refractivity contribution in [3.8, 4) is 0 Å². The highest BCUT2D eigenvalue weighted by Crippen LogP contribution is 2.60. The van der Waals surface area contributed by atoms with Crippen LogP contribution in [-0.4, -0.2) is 17.0 Å². The molecule has 1 aliphatic rings. The van der Waals surface area contributed by atoms with Gasteiger partial charge in [-0.1, -0.05) is 0 Å². The molecule has 0 aromatic heterocycles. The Morgan fingerprint density at radius 3 is 2.09 bits per heavy atom. The number of carbonyl (C=O) groups is 1. The molecule has 0 heterocycles. The maximum atomic E-state index is 12.2. The molecule has 0 aliphatic heterocycles. The van der Waals surface area contributed by atoms with E-state index < -0.39 is 23.7 Å². The molecule has 0 radical (unpaired) electrons. The second kappa shape index (κ2) is 2.57.